The Balaban J connectivity index is 1.61. The van der Waals surface area contributed by atoms with Crippen molar-refractivity contribution in [3.05, 3.63) is 86.0 Å². The summed E-state index contributed by atoms with van der Waals surface area (Å²) in [6.45, 7) is 6.83. The van der Waals surface area contributed by atoms with Crippen molar-refractivity contribution in [3.63, 3.8) is 0 Å². The molecule has 4 aromatic heterocycles. The quantitative estimate of drug-likeness (QED) is 0.147. The summed E-state index contributed by atoms with van der Waals surface area (Å²) in [5.74, 6) is 23.0. The predicted octanol–water partition coefficient (Wildman–Crippen LogP) is 5.50. The van der Waals surface area contributed by atoms with Gasteiger partial charge < -0.3 is 20.4 Å². The summed E-state index contributed by atoms with van der Waals surface area (Å²) in [4.78, 5) is 6.31. The molecule has 4 heterocycles. The van der Waals surface area contributed by atoms with Gasteiger partial charge >= 0.3 is 0 Å². The van der Waals surface area contributed by atoms with Crippen molar-refractivity contribution >= 4 is 53.4 Å². The first-order chi connectivity index (χ1) is 21.2. The molecule has 0 fully saturated rings. The van der Waals surface area contributed by atoms with E-state index in [4.69, 9.17) is 0 Å². The van der Waals surface area contributed by atoms with Gasteiger partial charge in [-0.05, 0) is 113 Å². The normalized spacial score (nSPS) is 10.6. The Morgan fingerprint density at radius 3 is 1.32 bits per heavy atom. The number of hydrogen-bond donors (Lipinski definition) is 4. The van der Waals surface area contributed by atoms with E-state index in [-0.39, 0.29) is 26.4 Å². The van der Waals surface area contributed by atoms with Crippen LogP contribution in [0.25, 0.3) is 0 Å². The number of aliphatic hydroxyl groups is 4. The van der Waals surface area contributed by atoms with E-state index >= 15 is 0 Å². The van der Waals surface area contributed by atoms with Crippen molar-refractivity contribution in [1.82, 2.24) is 0 Å². The van der Waals surface area contributed by atoms with Crippen molar-refractivity contribution in [2.75, 3.05) is 26.4 Å². The van der Waals surface area contributed by atoms with Crippen LogP contribution in [0, 0.1) is 47.0 Å². The molecule has 9 heteroatoms. The van der Waals surface area contributed by atoms with Gasteiger partial charge in [-0.25, -0.2) is 0 Å². The third kappa shape index (κ3) is 9.80. The van der Waals surface area contributed by atoms with Crippen molar-refractivity contribution in [2.45, 2.75) is 45.3 Å². The zero-order chi connectivity index (χ0) is 31.5. The molecule has 0 spiro atoms. The van der Waals surface area contributed by atoms with Gasteiger partial charge in [0.2, 0.25) is 0 Å². The summed E-state index contributed by atoms with van der Waals surface area (Å²) >= 11 is 6.14. The average molecular weight is 675 g/mol. The van der Waals surface area contributed by atoms with E-state index in [9.17, 15) is 20.4 Å². The summed E-state index contributed by atoms with van der Waals surface area (Å²) in [6.07, 6.45) is 2.12. The second-order valence-electron chi connectivity index (χ2n) is 10.8. The molecule has 4 nitrogen and oxygen atoms in total. The van der Waals surface area contributed by atoms with Crippen LogP contribution in [0.3, 0.4) is 0 Å². The van der Waals surface area contributed by atoms with Gasteiger partial charge in [0.25, 0.3) is 0 Å². The topological polar surface area (TPSA) is 80.9 Å². The molecule has 0 amide bonds. The summed E-state index contributed by atoms with van der Waals surface area (Å²) in [5, 5.41) is 40.1. The van der Waals surface area contributed by atoms with Gasteiger partial charge in [0.05, 0.1) is 34.1 Å². The summed E-state index contributed by atoms with van der Waals surface area (Å²) in [5.41, 5.74) is 7.42. The minimum absolute atomic E-state index is 0.0201. The highest BCUT2D eigenvalue weighted by Crippen LogP contribution is 2.26. The molecule has 0 aliphatic rings. The monoisotopic (exact) mass is 674 g/mol. The van der Waals surface area contributed by atoms with E-state index in [0.29, 0.717) is 25.7 Å². The third-order valence-electron chi connectivity index (χ3n) is 6.15. The Bertz CT molecular complexity index is 1840. The fourth-order valence-corrected chi connectivity index (χ4v) is 8.21. The summed E-state index contributed by atoms with van der Waals surface area (Å²) in [6, 6.07) is 8.00. The number of hydrogen-bond acceptors (Lipinski definition) is 8. The maximum atomic E-state index is 9.67. The zero-order valence-corrected chi connectivity index (χ0v) is 29.2. The lowest BCUT2D eigenvalue weighted by Gasteiger charge is -2.03. The molecule has 0 saturated heterocycles. The average Bonchev–Trinajstić information content (AvgIpc) is 3.76. The van der Waals surface area contributed by atoms with Crippen molar-refractivity contribution < 1.29 is 20.4 Å². The van der Waals surface area contributed by atoms with Crippen LogP contribution < -0.4 is 0 Å². The summed E-state index contributed by atoms with van der Waals surface area (Å²) < 4.78 is 0. The van der Waals surface area contributed by atoms with Crippen LogP contribution in [-0.2, 0) is 25.7 Å². The van der Waals surface area contributed by atoms with E-state index < -0.39 is 8.07 Å². The van der Waals surface area contributed by atoms with Crippen molar-refractivity contribution in [1.29, 1.82) is 0 Å². The highest BCUT2D eigenvalue weighted by molar-refractivity contribution is 7.14. The molecule has 0 saturated carbocycles. The molecule has 0 aromatic carbocycles. The van der Waals surface area contributed by atoms with Crippen LogP contribution in [-0.4, -0.2) is 54.9 Å². The Hall–Kier alpha value is -2.90. The second-order valence-corrected chi connectivity index (χ2v) is 19.6. The van der Waals surface area contributed by atoms with Crippen LogP contribution in [0.2, 0.25) is 19.6 Å². The van der Waals surface area contributed by atoms with E-state index in [1.54, 1.807) is 22.7 Å². The first-order valence-electron chi connectivity index (χ1n) is 14.2. The van der Waals surface area contributed by atoms with Gasteiger partial charge in [-0.15, -0.1) is 50.9 Å². The molecule has 44 heavy (non-hydrogen) atoms. The molecule has 0 unspecified atom stereocenters. The molecule has 0 atom stereocenters. The largest absolute Gasteiger partial charge is 0.396 e. The van der Waals surface area contributed by atoms with Gasteiger partial charge in [0, 0.05) is 26.4 Å². The molecule has 4 N–H and O–H groups in total. The molecule has 0 aliphatic heterocycles. The van der Waals surface area contributed by atoms with E-state index in [2.05, 4.69) is 66.6 Å². The SMILES string of the molecule is C[Si](C)(C)C#Cc1sc(C#Cc2sc(C#Cc3sc(C#Cc4sccc4CCO)cc3CCO)cc2CCO)cc1CCO. The lowest BCUT2D eigenvalue weighted by Crippen LogP contribution is -2.16. The minimum atomic E-state index is -1.54. The Kier molecular flexibility index (Phi) is 12.7. The van der Waals surface area contributed by atoms with Gasteiger partial charge in [-0.3, -0.25) is 0 Å². The number of aliphatic hydroxyl groups excluding tert-OH is 4. The fraction of sp³-hybridized carbons (Fsp3) is 0.314. The molecule has 4 rings (SSSR count). The first kappa shape index (κ1) is 34.0. The lowest BCUT2D eigenvalue weighted by atomic mass is 10.1. The summed E-state index contributed by atoms with van der Waals surface area (Å²) in [7, 11) is -1.54. The first-order valence-corrected chi connectivity index (χ1v) is 21.0. The maximum absolute atomic E-state index is 9.67. The van der Waals surface area contributed by atoms with Gasteiger partial charge in [0.1, 0.15) is 8.07 Å². The van der Waals surface area contributed by atoms with E-state index in [1.807, 2.05) is 29.6 Å². The number of rotatable bonds is 8. The third-order valence-corrected chi connectivity index (χ3v) is 10.9. The molecular weight excluding hydrogens is 641 g/mol. The van der Waals surface area contributed by atoms with Crippen LogP contribution in [0.4, 0.5) is 0 Å². The maximum Gasteiger partial charge on any atom is 0.129 e. The molecule has 0 aliphatic carbocycles. The van der Waals surface area contributed by atoms with Gasteiger partial charge in [0.15, 0.2) is 0 Å². The standard InChI is InChI=1S/C35H34O4S4Si/c1-44(2,3)21-15-35-28(13-19-39)24-31(43-35)6-9-34-27(12-18-38)23-30(42-34)5-8-33-26(11-17-37)22-29(41-33)4-7-32-25(10-16-36)14-20-40-32/h14,20,22-24,36-39H,10-13,16-19H2,1-3H3. The van der Waals surface area contributed by atoms with Crippen molar-refractivity contribution in [2.24, 2.45) is 0 Å². The van der Waals surface area contributed by atoms with Crippen LogP contribution in [0.5, 0.6) is 0 Å². The Morgan fingerprint density at radius 2 is 0.909 bits per heavy atom. The minimum Gasteiger partial charge on any atom is -0.396 e. The Labute approximate surface area is 277 Å². The smallest absolute Gasteiger partial charge is 0.129 e. The van der Waals surface area contributed by atoms with Gasteiger partial charge in [-0.1, -0.05) is 25.6 Å². The van der Waals surface area contributed by atoms with E-state index in [0.717, 1.165) is 56.4 Å². The molecule has 226 valence electrons. The second kappa shape index (κ2) is 16.4. The van der Waals surface area contributed by atoms with Crippen LogP contribution in [0.1, 0.15) is 56.4 Å². The van der Waals surface area contributed by atoms with E-state index in [1.165, 1.54) is 22.7 Å². The van der Waals surface area contributed by atoms with Crippen molar-refractivity contribution in [3.8, 4) is 47.0 Å². The fourth-order valence-electron chi connectivity index (χ4n) is 4.07. The van der Waals surface area contributed by atoms with Gasteiger partial charge in [-0.2, -0.15) is 0 Å². The highest BCUT2D eigenvalue weighted by atomic mass is 32.1. The van der Waals surface area contributed by atoms with Crippen LogP contribution in [0.15, 0.2) is 29.6 Å². The zero-order valence-electron chi connectivity index (χ0n) is 25.0. The molecule has 0 bridgehead atoms. The van der Waals surface area contributed by atoms with Crippen LogP contribution >= 0.6 is 45.3 Å². The number of thiophene rings is 4. The highest BCUT2D eigenvalue weighted by Gasteiger charge is 2.12. The predicted molar refractivity (Wildman–Crippen MR) is 189 cm³/mol. The molecule has 4 aromatic rings. The Morgan fingerprint density at radius 1 is 0.523 bits per heavy atom. The lowest BCUT2D eigenvalue weighted by molar-refractivity contribution is 0.299. The molecular formula is C35H34O4S4Si. The molecule has 0 radical (unpaired) electrons.